The fourth-order valence-corrected chi connectivity index (χ4v) is 1.28. The van der Waals surface area contributed by atoms with Crippen LogP contribution in [0.25, 0.3) is 0 Å². The lowest BCUT2D eigenvalue weighted by molar-refractivity contribution is 0.281. The minimum absolute atomic E-state index is 0.197. The van der Waals surface area contributed by atoms with E-state index in [1.165, 1.54) is 18.6 Å². The molecule has 82 valence electrons. The summed E-state index contributed by atoms with van der Waals surface area (Å²) in [5, 5.41) is 11.9. The largest absolute Gasteiger partial charge is 0.391 e. The number of benzene rings is 1. The van der Waals surface area contributed by atoms with Gasteiger partial charge in [0.2, 0.25) is 0 Å². The van der Waals surface area contributed by atoms with Crippen molar-refractivity contribution in [1.29, 1.82) is 0 Å². The Hall–Kier alpha value is -2.01. The molecule has 4 nitrogen and oxygen atoms in total. The second-order valence-electron chi connectivity index (χ2n) is 3.16. The number of hydrogen-bond acceptors (Lipinski definition) is 4. The van der Waals surface area contributed by atoms with Crippen LogP contribution in [0, 0.1) is 5.82 Å². The molecule has 0 radical (unpaired) electrons. The van der Waals surface area contributed by atoms with Crippen molar-refractivity contribution in [3.8, 4) is 0 Å². The van der Waals surface area contributed by atoms with Crippen molar-refractivity contribution in [2.75, 3.05) is 5.32 Å². The van der Waals surface area contributed by atoms with Crippen LogP contribution in [-0.4, -0.2) is 15.1 Å². The number of nitrogens with one attached hydrogen (secondary N) is 1. The molecule has 16 heavy (non-hydrogen) atoms. The maximum atomic E-state index is 13.3. The summed E-state index contributed by atoms with van der Waals surface area (Å²) < 4.78 is 13.3. The number of halogens is 1. The smallest absolute Gasteiger partial charge is 0.146 e. The molecule has 0 fully saturated rings. The van der Waals surface area contributed by atoms with Crippen LogP contribution in [0.4, 0.5) is 15.9 Å². The number of anilines is 2. The predicted molar refractivity (Wildman–Crippen MR) is 57.6 cm³/mol. The van der Waals surface area contributed by atoms with Gasteiger partial charge in [0.15, 0.2) is 0 Å². The highest BCUT2D eigenvalue weighted by atomic mass is 19.1. The van der Waals surface area contributed by atoms with Gasteiger partial charge in [-0.15, -0.1) is 0 Å². The van der Waals surface area contributed by atoms with Gasteiger partial charge in [-0.25, -0.2) is 14.4 Å². The van der Waals surface area contributed by atoms with E-state index in [0.29, 0.717) is 17.1 Å². The van der Waals surface area contributed by atoms with Crippen molar-refractivity contribution in [1.82, 2.24) is 9.97 Å². The first-order chi connectivity index (χ1) is 7.81. The molecule has 2 aromatic rings. The second-order valence-corrected chi connectivity index (χ2v) is 3.16. The summed E-state index contributed by atoms with van der Waals surface area (Å²) in [4.78, 5) is 7.71. The van der Waals surface area contributed by atoms with Crippen LogP contribution in [-0.2, 0) is 6.61 Å². The molecule has 1 aromatic carbocycles. The summed E-state index contributed by atoms with van der Waals surface area (Å²) in [6.07, 6.45) is 2.82. The topological polar surface area (TPSA) is 58.0 Å². The first kappa shape index (κ1) is 10.5. The highest BCUT2D eigenvalue weighted by Gasteiger charge is 2.05. The van der Waals surface area contributed by atoms with E-state index in [-0.39, 0.29) is 12.4 Å². The zero-order valence-electron chi connectivity index (χ0n) is 8.39. The van der Waals surface area contributed by atoms with Crippen molar-refractivity contribution in [2.45, 2.75) is 6.61 Å². The van der Waals surface area contributed by atoms with Gasteiger partial charge in [0.1, 0.15) is 18.0 Å². The number of aliphatic hydroxyl groups excluding tert-OH is 1. The van der Waals surface area contributed by atoms with Gasteiger partial charge in [0.05, 0.1) is 12.3 Å². The van der Waals surface area contributed by atoms with Crippen LogP contribution in [0.15, 0.2) is 36.8 Å². The number of hydrogen-bond donors (Lipinski definition) is 2. The molecule has 0 spiro atoms. The lowest BCUT2D eigenvalue weighted by atomic mass is 10.2. The highest BCUT2D eigenvalue weighted by molar-refractivity contribution is 5.59. The first-order valence-electron chi connectivity index (χ1n) is 4.72. The van der Waals surface area contributed by atoms with Crippen LogP contribution in [0.2, 0.25) is 0 Å². The molecule has 0 saturated carbocycles. The molecule has 0 bridgehead atoms. The van der Waals surface area contributed by atoms with Crippen molar-refractivity contribution in [2.24, 2.45) is 0 Å². The van der Waals surface area contributed by atoms with E-state index in [2.05, 4.69) is 15.3 Å². The highest BCUT2D eigenvalue weighted by Crippen LogP contribution is 2.19. The molecule has 0 aliphatic heterocycles. The molecule has 0 aliphatic carbocycles. The van der Waals surface area contributed by atoms with Gasteiger partial charge in [-0.2, -0.15) is 0 Å². The molecule has 0 aliphatic rings. The zero-order valence-corrected chi connectivity index (χ0v) is 8.39. The lowest BCUT2D eigenvalue weighted by Gasteiger charge is -2.08. The van der Waals surface area contributed by atoms with Gasteiger partial charge in [-0.3, -0.25) is 0 Å². The third-order valence-corrected chi connectivity index (χ3v) is 2.09. The van der Waals surface area contributed by atoms with E-state index in [9.17, 15) is 4.39 Å². The molecule has 2 rings (SSSR count). The molecule has 1 aromatic heterocycles. The van der Waals surface area contributed by atoms with Crippen molar-refractivity contribution in [3.05, 3.63) is 48.2 Å². The Morgan fingerprint density at radius 2 is 2.12 bits per heavy atom. The van der Waals surface area contributed by atoms with Crippen molar-refractivity contribution >= 4 is 11.5 Å². The SMILES string of the molecule is OCc1cncnc1Nc1ccccc1F. The zero-order chi connectivity index (χ0) is 11.4. The van der Waals surface area contributed by atoms with Crippen LogP contribution in [0.3, 0.4) is 0 Å². The van der Waals surface area contributed by atoms with Crippen molar-refractivity contribution in [3.63, 3.8) is 0 Å². The van der Waals surface area contributed by atoms with Crippen LogP contribution in [0.5, 0.6) is 0 Å². The molecule has 2 N–H and O–H groups in total. The average molecular weight is 219 g/mol. The van der Waals surface area contributed by atoms with Crippen LogP contribution < -0.4 is 5.32 Å². The quantitative estimate of drug-likeness (QED) is 0.827. The Balaban J connectivity index is 2.30. The number of aliphatic hydroxyl groups is 1. The van der Waals surface area contributed by atoms with Gasteiger partial charge in [0, 0.05) is 11.8 Å². The van der Waals surface area contributed by atoms with Crippen molar-refractivity contribution < 1.29 is 9.50 Å². The summed E-state index contributed by atoms with van der Waals surface area (Å²) >= 11 is 0. The van der Waals surface area contributed by atoms with E-state index < -0.39 is 0 Å². The van der Waals surface area contributed by atoms with Crippen LogP contribution >= 0.6 is 0 Å². The minimum atomic E-state index is -0.370. The van der Waals surface area contributed by atoms with Gasteiger partial charge >= 0.3 is 0 Å². The Kier molecular flexibility index (Phi) is 3.07. The third kappa shape index (κ3) is 2.14. The Labute approximate surface area is 91.8 Å². The Morgan fingerprint density at radius 1 is 1.31 bits per heavy atom. The van der Waals surface area contributed by atoms with E-state index in [4.69, 9.17) is 5.11 Å². The monoisotopic (exact) mass is 219 g/mol. The van der Waals surface area contributed by atoms with E-state index >= 15 is 0 Å². The predicted octanol–water partition coefficient (Wildman–Crippen LogP) is 1.85. The fraction of sp³-hybridized carbons (Fsp3) is 0.0909. The molecule has 0 atom stereocenters. The number of para-hydroxylation sites is 1. The standard InChI is InChI=1S/C11H10FN3O/c12-9-3-1-2-4-10(9)15-11-8(6-16)5-13-7-14-11/h1-5,7,16H,6H2,(H,13,14,15). The van der Waals surface area contributed by atoms with E-state index in [1.54, 1.807) is 18.2 Å². The summed E-state index contributed by atoms with van der Waals surface area (Å²) in [5.74, 6) is 0.0348. The molecular weight excluding hydrogens is 209 g/mol. The minimum Gasteiger partial charge on any atom is -0.391 e. The van der Waals surface area contributed by atoms with Crippen LogP contribution in [0.1, 0.15) is 5.56 Å². The molecule has 0 amide bonds. The summed E-state index contributed by atoms with van der Waals surface area (Å²) in [6.45, 7) is -0.197. The summed E-state index contributed by atoms with van der Waals surface area (Å²) in [6, 6.07) is 6.26. The summed E-state index contributed by atoms with van der Waals surface area (Å²) in [7, 11) is 0. The Morgan fingerprint density at radius 3 is 2.88 bits per heavy atom. The number of nitrogens with zero attached hydrogens (tertiary/aromatic N) is 2. The van der Waals surface area contributed by atoms with E-state index in [0.717, 1.165) is 0 Å². The first-order valence-corrected chi connectivity index (χ1v) is 4.72. The second kappa shape index (κ2) is 4.67. The van der Waals surface area contributed by atoms with E-state index in [1.807, 2.05) is 0 Å². The average Bonchev–Trinajstić information content (AvgIpc) is 2.33. The van der Waals surface area contributed by atoms with Gasteiger partial charge in [-0.05, 0) is 12.1 Å². The maximum absolute atomic E-state index is 13.3. The number of aromatic nitrogens is 2. The molecule has 0 saturated heterocycles. The third-order valence-electron chi connectivity index (χ3n) is 2.09. The van der Waals surface area contributed by atoms with Gasteiger partial charge in [-0.1, -0.05) is 12.1 Å². The fourth-order valence-electron chi connectivity index (χ4n) is 1.28. The number of rotatable bonds is 3. The Bertz CT molecular complexity index is 490. The molecule has 0 unspecified atom stereocenters. The molecular formula is C11H10FN3O. The molecule has 1 heterocycles. The lowest BCUT2D eigenvalue weighted by Crippen LogP contribution is -2.01. The normalized spacial score (nSPS) is 10.1. The van der Waals surface area contributed by atoms with Gasteiger partial charge < -0.3 is 10.4 Å². The molecule has 5 heteroatoms. The van der Waals surface area contributed by atoms with Gasteiger partial charge in [0.25, 0.3) is 0 Å². The maximum Gasteiger partial charge on any atom is 0.146 e. The summed E-state index contributed by atoms with van der Waals surface area (Å²) in [5.41, 5.74) is 0.835.